The van der Waals surface area contributed by atoms with E-state index in [1.54, 1.807) is 11.7 Å². The Hall–Kier alpha value is -1.10. The molecule has 0 saturated carbocycles. The third-order valence-electron chi connectivity index (χ3n) is 2.40. The van der Waals surface area contributed by atoms with Crippen molar-refractivity contribution in [2.75, 3.05) is 5.73 Å². The van der Waals surface area contributed by atoms with Crippen molar-refractivity contribution in [3.8, 4) is 0 Å². The zero-order chi connectivity index (χ0) is 10.9. The predicted octanol–water partition coefficient (Wildman–Crippen LogP) is 0.484. The molecule has 0 radical (unpaired) electrons. The maximum atomic E-state index is 5.90. The summed E-state index contributed by atoms with van der Waals surface area (Å²) in [5.74, 6) is 1.76. The van der Waals surface area contributed by atoms with Crippen molar-refractivity contribution < 1.29 is 0 Å². The monoisotopic (exact) mass is 197 g/mol. The highest BCUT2D eigenvalue weighted by Gasteiger charge is 2.24. The lowest BCUT2D eigenvalue weighted by Crippen LogP contribution is -2.29. The van der Waals surface area contributed by atoms with E-state index in [2.05, 4.69) is 23.9 Å². The van der Waals surface area contributed by atoms with Gasteiger partial charge in [-0.05, 0) is 12.8 Å². The fraction of sp³-hybridized carbons (Fsp3) is 0.778. The second-order valence-electron chi connectivity index (χ2n) is 4.08. The third-order valence-corrected chi connectivity index (χ3v) is 2.40. The first-order valence-corrected chi connectivity index (χ1v) is 4.85. The van der Waals surface area contributed by atoms with Crippen LogP contribution in [0.25, 0.3) is 0 Å². The van der Waals surface area contributed by atoms with Gasteiger partial charge in [0.1, 0.15) is 0 Å². The highest BCUT2D eigenvalue weighted by atomic mass is 15.4. The van der Waals surface area contributed by atoms with Crippen LogP contribution in [0.15, 0.2) is 0 Å². The van der Waals surface area contributed by atoms with Crippen LogP contribution in [-0.2, 0) is 7.05 Å². The Morgan fingerprint density at radius 2 is 1.86 bits per heavy atom. The molecule has 0 saturated heterocycles. The molecule has 0 spiro atoms. The predicted molar refractivity (Wildman–Crippen MR) is 56.6 cm³/mol. The zero-order valence-electron chi connectivity index (χ0n) is 9.23. The smallest absolute Gasteiger partial charge is 0.218 e. The summed E-state index contributed by atoms with van der Waals surface area (Å²) >= 11 is 0. The minimum Gasteiger partial charge on any atom is -0.368 e. The van der Waals surface area contributed by atoms with Crippen LogP contribution < -0.4 is 11.5 Å². The number of aromatic nitrogens is 3. The number of anilines is 1. The molecule has 1 heterocycles. The Labute approximate surface area is 84.5 Å². The molecule has 80 valence electrons. The van der Waals surface area contributed by atoms with E-state index in [4.69, 9.17) is 11.5 Å². The second-order valence-corrected chi connectivity index (χ2v) is 4.08. The molecule has 14 heavy (non-hydrogen) atoms. The van der Waals surface area contributed by atoms with Gasteiger partial charge in [-0.3, -0.25) is 0 Å². The molecule has 0 aliphatic heterocycles. The molecule has 2 unspecified atom stereocenters. The van der Waals surface area contributed by atoms with Crippen molar-refractivity contribution in [3.63, 3.8) is 0 Å². The van der Waals surface area contributed by atoms with Gasteiger partial charge in [-0.15, -0.1) is 0 Å². The summed E-state index contributed by atoms with van der Waals surface area (Å²) in [5, 5.41) is 4.25. The van der Waals surface area contributed by atoms with E-state index < -0.39 is 0 Å². The average molecular weight is 197 g/mol. The molecule has 2 atom stereocenters. The first kappa shape index (κ1) is 11.0. The lowest BCUT2D eigenvalue weighted by molar-refractivity contribution is 0.415. The Bertz CT molecular complexity index is 275. The molecule has 4 N–H and O–H groups in total. The summed E-state index contributed by atoms with van der Waals surface area (Å²) in [6, 6.07) is 0.0387. The van der Waals surface area contributed by atoms with Gasteiger partial charge in [0, 0.05) is 19.0 Å². The number of hydrogen-bond acceptors (Lipinski definition) is 4. The van der Waals surface area contributed by atoms with Gasteiger partial charge in [0.2, 0.25) is 5.95 Å². The maximum absolute atomic E-state index is 5.90. The fourth-order valence-corrected chi connectivity index (χ4v) is 1.70. The summed E-state index contributed by atoms with van der Waals surface area (Å²) in [5.41, 5.74) is 11.5. The maximum Gasteiger partial charge on any atom is 0.218 e. The molecule has 0 bridgehead atoms. The van der Waals surface area contributed by atoms with Gasteiger partial charge in [0.05, 0.1) is 0 Å². The topological polar surface area (TPSA) is 82.8 Å². The minimum absolute atomic E-state index is 0.0387. The molecule has 5 nitrogen and oxygen atoms in total. The van der Waals surface area contributed by atoms with Crippen LogP contribution in [0, 0.1) is 5.92 Å². The lowest BCUT2D eigenvalue weighted by atomic mass is 9.89. The molecule has 5 heteroatoms. The van der Waals surface area contributed by atoms with E-state index in [-0.39, 0.29) is 12.0 Å². The molecule has 1 aromatic rings. The zero-order valence-corrected chi connectivity index (χ0v) is 9.23. The molecule has 1 aromatic heterocycles. The van der Waals surface area contributed by atoms with Gasteiger partial charge in [0.15, 0.2) is 5.82 Å². The highest BCUT2D eigenvalue weighted by Crippen LogP contribution is 2.24. The van der Waals surface area contributed by atoms with E-state index in [9.17, 15) is 0 Å². The molecule has 0 aliphatic rings. The normalized spacial score (nSPS) is 15.9. The van der Waals surface area contributed by atoms with E-state index in [1.807, 2.05) is 6.92 Å². The van der Waals surface area contributed by atoms with Gasteiger partial charge in [0.25, 0.3) is 0 Å². The lowest BCUT2D eigenvalue weighted by Gasteiger charge is -2.21. The second kappa shape index (κ2) is 3.96. The summed E-state index contributed by atoms with van der Waals surface area (Å²) < 4.78 is 1.58. The summed E-state index contributed by atoms with van der Waals surface area (Å²) in [6.07, 6.45) is 0. The van der Waals surface area contributed by atoms with Crippen LogP contribution >= 0.6 is 0 Å². The van der Waals surface area contributed by atoms with Crippen LogP contribution in [0.5, 0.6) is 0 Å². The van der Waals surface area contributed by atoms with Gasteiger partial charge in [-0.25, -0.2) is 4.68 Å². The van der Waals surface area contributed by atoms with Crippen molar-refractivity contribution in [3.05, 3.63) is 5.82 Å². The van der Waals surface area contributed by atoms with Crippen LogP contribution in [0.2, 0.25) is 0 Å². The molecule has 0 fully saturated rings. The SMILES string of the molecule is CC(C)C(c1nc(N)n(C)n1)C(C)N. The molecule has 0 aromatic carbocycles. The Morgan fingerprint density at radius 3 is 2.14 bits per heavy atom. The van der Waals surface area contributed by atoms with E-state index >= 15 is 0 Å². The van der Waals surface area contributed by atoms with Crippen molar-refractivity contribution in [1.82, 2.24) is 14.8 Å². The number of aryl methyl sites for hydroxylation is 1. The van der Waals surface area contributed by atoms with E-state index in [1.165, 1.54) is 0 Å². The number of nitrogen functional groups attached to an aromatic ring is 1. The summed E-state index contributed by atoms with van der Waals surface area (Å²) in [6.45, 7) is 6.19. The van der Waals surface area contributed by atoms with Gasteiger partial charge < -0.3 is 11.5 Å². The van der Waals surface area contributed by atoms with E-state index in [0.717, 1.165) is 5.82 Å². The largest absolute Gasteiger partial charge is 0.368 e. The Balaban J connectivity index is 2.99. The van der Waals surface area contributed by atoms with Gasteiger partial charge in [-0.1, -0.05) is 13.8 Å². The number of nitrogens with zero attached hydrogens (tertiary/aromatic N) is 3. The molecule has 1 rings (SSSR count). The first-order chi connectivity index (χ1) is 6.43. The van der Waals surface area contributed by atoms with Crippen molar-refractivity contribution in [1.29, 1.82) is 0 Å². The third kappa shape index (κ3) is 2.04. The van der Waals surface area contributed by atoms with Crippen molar-refractivity contribution in [2.45, 2.75) is 32.7 Å². The molecular weight excluding hydrogens is 178 g/mol. The van der Waals surface area contributed by atoms with Crippen LogP contribution in [-0.4, -0.2) is 20.8 Å². The number of rotatable bonds is 3. The van der Waals surface area contributed by atoms with Gasteiger partial charge >= 0.3 is 0 Å². The van der Waals surface area contributed by atoms with Crippen molar-refractivity contribution in [2.24, 2.45) is 18.7 Å². The van der Waals surface area contributed by atoms with Crippen LogP contribution in [0.3, 0.4) is 0 Å². The quantitative estimate of drug-likeness (QED) is 0.738. The Morgan fingerprint density at radius 1 is 1.29 bits per heavy atom. The number of hydrogen-bond donors (Lipinski definition) is 2. The molecule has 0 amide bonds. The van der Waals surface area contributed by atoms with Crippen LogP contribution in [0.4, 0.5) is 5.95 Å². The summed E-state index contributed by atoms with van der Waals surface area (Å²) in [4.78, 5) is 4.20. The highest BCUT2D eigenvalue weighted by molar-refractivity contribution is 5.18. The van der Waals surface area contributed by atoms with Gasteiger partial charge in [-0.2, -0.15) is 10.1 Å². The molecular formula is C9H19N5. The van der Waals surface area contributed by atoms with Crippen LogP contribution in [0.1, 0.15) is 32.5 Å². The first-order valence-electron chi connectivity index (χ1n) is 4.85. The standard InChI is InChI=1S/C9H19N5/c1-5(2)7(6(3)10)8-12-9(11)14(4)13-8/h5-7H,10H2,1-4H3,(H2,11,12,13). The minimum atomic E-state index is 0.0387. The summed E-state index contributed by atoms with van der Waals surface area (Å²) in [7, 11) is 1.78. The fourth-order valence-electron chi connectivity index (χ4n) is 1.70. The number of nitrogens with two attached hydrogens (primary N) is 2. The Kier molecular flexibility index (Phi) is 3.10. The molecule has 0 aliphatic carbocycles. The van der Waals surface area contributed by atoms with E-state index in [0.29, 0.717) is 11.9 Å². The van der Waals surface area contributed by atoms with Crippen molar-refractivity contribution >= 4 is 5.95 Å². The average Bonchev–Trinajstić information content (AvgIpc) is 2.29.